The molecule has 0 aromatic heterocycles. The van der Waals surface area contributed by atoms with Gasteiger partial charge in [0, 0.05) is 18.0 Å². The monoisotopic (exact) mass is 461 g/mol. The van der Waals surface area contributed by atoms with E-state index in [9.17, 15) is 14.7 Å². The van der Waals surface area contributed by atoms with Crippen LogP contribution in [0.5, 0.6) is 11.5 Å². The van der Waals surface area contributed by atoms with Crippen molar-refractivity contribution < 1.29 is 24.2 Å². The minimum Gasteiger partial charge on any atom is -0.507 e. The molecule has 0 radical (unpaired) electrons. The highest BCUT2D eigenvalue weighted by atomic mass is 16.5. The molecule has 2 unspecified atom stereocenters. The first-order valence-electron chi connectivity index (χ1n) is 12.2. The van der Waals surface area contributed by atoms with Gasteiger partial charge in [-0.05, 0) is 75.1 Å². The second kappa shape index (κ2) is 8.82. The summed E-state index contributed by atoms with van der Waals surface area (Å²) in [6, 6.07) is 12.3. The Morgan fingerprint density at radius 1 is 1.12 bits per heavy atom. The molecule has 178 valence electrons. The second-order valence-electron chi connectivity index (χ2n) is 9.84. The second-order valence-corrected chi connectivity index (χ2v) is 9.84. The molecule has 1 saturated carbocycles. The summed E-state index contributed by atoms with van der Waals surface area (Å²) in [6.45, 7) is 5.91. The fraction of sp³-hybridized carbons (Fsp3) is 0.429. The molecule has 2 atom stereocenters. The lowest BCUT2D eigenvalue weighted by Gasteiger charge is -2.31. The van der Waals surface area contributed by atoms with Gasteiger partial charge in [0.1, 0.15) is 23.4 Å². The lowest BCUT2D eigenvalue weighted by molar-refractivity contribution is -0.141. The highest BCUT2D eigenvalue weighted by Crippen LogP contribution is 2.44. The maximum Gasteiger partial charge on any atom is 0.295 e. The normalized spacial score (nSPS) is 24.1. The molecule has 1 saturated heterocycles. The van der Waals surface area contributed by atoms with Crippen molar-refractivity contribution in [3.05, 3.63) is 64.7 Å². The van der Waals surface area contributed by atoms with Crippen molar-refractivity contribution in [2.45, 2.75) is 77.2 Å². The summed E-state index contributed by atoms with van der Waals surface area (Å²) in [7, 11) is 0. The number of fused-ring (bicyclic) bond motifs is 1. The van der Waals surface area contributed by atoms with Crippen LogP contribution in [0.2, 0.25) is 0 Å². The number of hydrogen-bond acceptors (Lipinski definition) is 5. The maximum absolute atomic E-state index is 13.4. The van der Waals surface area contributed by atoms with E-state index in [1.807, 2.05) is 57.2 Å². The third kappa shape index (κ3) is 3.95. The number of aliphatic hydroxyl groups is 1. The Morgan fingerprint density at radius 2 is 1.88 bits per heavy atom. The highest BCUT2D eigenvalue weighted by molar-refractivity contribution is 6.46. The fourth-order valence-corrected chi connectivity index (χ4v) is 5.49. The molecule has 2 aromatic carbocycles. The zero-order chi connectivity index (χ0) is 24.0. The molecule has 34 heavy (non-hydrogen) atoms. The Bertz CT molecular complexity index is 1160. The van der Waals surface area contributed by atoms with Crippen LogP contribution in [0.1, 0.15) is 69.2 Å². The summed E-state index contributed by atoms with van der Waals surface area (Å²) in [4.78, 5) is 28.4. The van der Waals surface area contributed by atoms with Gasteiger partial charge in [-0.2, -0.15) is 0 Å². The zero-order valence-corrected chi connectivity index (χ0v) is 19.9. The van der Waals surface area contributed by atoms with Crippen molar-refractivity contribution in [3.63, 3.8) is 0 Å². The molecule has 0 spiro atoms. The van der Waals surface area contributed by atoms with E-state index >= 15 is 0 Å². The average molecular weight is 462 g/mol. The molecule has 6 nitrogen and oxygen atoms in total. The zero-order valence-electron chi connectivity index (χ0n) is 19.9. The topological polar surface area (TPSA) is 76.1 Å². The Balaban J connectivity index is 1.63. The summed E-state index contributed by atoms with van der Waals surface area (Å²) in [5.74, 6) is 0.168. The number of likely N-dealkylation sites (tertiary alicyclic amines) is 1. The van der Waals surface area contributed by atoms with E-state index in [4.69, 9.17) is 9.47 Å². The summed E-state index contributed by atoms with van der Waals surface area (Å²) in [5, 5.41) is 11.4. The van der Waals surface area contributed by atoms with E-state index in [1.165, 1.54) is 0 Å². The van der Waals surface area contributed by atoms with Gasteiger partial charge in [0.15, 0.2) is 0 Å². The van der Waals surface area contributed by atoms with Gasteiger partial charge in [-0.15, -0.1) is 0 Å². The van der Waals surface area contributed by atoms with Crippen molar-refractivity contribution in [1.29, 1.82) is 0 Å². The molecular formula is C28H31NO5. The van der Waals surface area contributed by atoms with Gasteiger partial charge in [-0.1, -0.05) is 25.0 Å². The molecule has 2 fully saturated rings. The number of ketones is 1. The first-order valence-corrected chi connectivity index (χ1v) is 12.2. The molecule has 2 heterocycles. The lowest BCUT2D eigenvalue weighted by Crippen LogP contribution is -2.37. The number of amides is 1. The minimum absolute atomic E-state index is 0.00698. The van der Waals surface area contributed by atoms with Gasteiger partial charge < -0.3 is 19.5 Å². The van der Waals surface area contributed by atoms with Gasteiger partial charge in [-0.3, -0.25) is 9.59 Å². The van der Waals surface area contributed by atoms with Gasteiger partial charge in [0.05, 0.1) is 17.7 Å². The minimum atomic E-state index is -0.651. The third-order valence-corrected chi connectivity index (χ3v) is 6.91. The van der Waals surface area contributed by atoms with Gasteiger partial charge in [0.25, 0.3) is 11.7 Å². The van der Waals surface area contributed by atoms with Crippen LogP contribution in [0, 0.1) is 0 Å². The molecule has 5 rings (SSSR count). The van der Waals surface area contributed by atoms with Crippen LogP contribution in [-0.4, -0.2) is 39.9 Å². The van der Waals surface area contributed by atoms with Crippen LogP contribution in [-0.2, 0) is 16.0 Å². The Labute approximate surface area is 200 Å². The SMILES string of the molecule is CC(C)Oc1cccc(C2/C(=C(/O)c3ccc4c(c3)CC(C)O4)C(=O)C(=O)N2C2CCCC2)c1. The first kappa shape index (κ1) is 22.5. The molecule has 1 amide bonds. The molecule has 1 aliphatic carbocycles. The summed E-state index contributed by atoms with van der Waals surface area (Å²) in [6.07, 6.45) is 4.58. The summed E-state index contributed by atoms with van der Waals surface area (Å²) in [5.41, 5.74) is 2.43. The number of carbonyl (C=O) groups is 2. The predicted octanol–water partition coefficient (Wildman–Crippen LogP) is 5.16. The number of hydrogen-bond donors (Lipinski definition) is 1. The van der Waals surface area contributed by atoms with E-state index < -0.39 is 17.7 Å². The Morgan fingerprint density at radius 3 is 2.62 bits per heavy atom. The van der Waals surface area contributed by atoms with E-state index in [0.29, 0.717) is 11.3 Å². The Kier molecular flexibility index (Phi) is 5.84. The molecular weight excluding hydrogens is 430 g/mol. The molecule has 1 N–H and O–H groups in total. The number of rotatable bonds is 5. The Hall–Kier alpha value is -3.28. The maximum atomic E-state index is 13.4. The molecule has 6 heteroatoms. The number of Topliss-reactive ketones (excluding diaryl/α,β-unsaturated/α-hetero) is 1. The first-order chi connectivity index (χ1) is 16.3. The molecule has 2 aliphatic heterocycles. The van der Waals surface area contributed by atoms with Gasteiger partial charge in [-0.25, -0.2) is 0 Å². The number of benzene rings is 2. The van der Waals surface area contributed by atoms with Gasteiger partial charge in [0.2, 0.25) is 0 Å². The quantitative estimate of drug-likeness (QED) is 0.378. The lowest BCUT2D eigenvalue weighted by atomic mass is 9.93. The average Bonchev–Trinajstić information content (AvgIpc) is 3.51. The van der Waals surface area contributed by atoms with Crippen LogP contribution in [0.15, 0.2) is 48.0 Å². The van der Waals surface area contributed by atoms with Crippen molar-refractivity contribution in [1.82, 2.24) is 4.90 Å². The van der Waals surface area contributed by atoms with Crippen LogP contribution in [0.3, 0.4) is 0 Å². The fourth-order valence-electron chi connectivity index (χ4n) is 5.49. The van der Waals surface area contributed by atoms with Crippen molar-refractivity contribution in [2.75, 3.05) is 0 Å². The van der Waals surface area contributed by atoms with Crippen molar-refractivity contribution in [3.8, 4) is 11.5 Å². The van der Waals surface area contributed by atoms with E-state index in [-0.39, 0.29) is 29.6 Å². The van der Waals surface area contributed by atoms with E-state index in [1.54, 1.807) is 11.0 Å². The van der Waals surface area contributed by atoms with Crippen LogP contribution < -0.4 is 9.47 Å². The van der Waals surface area contributed by atoms with Crippen LogP contribution in [0.4, 0.5) is 0 Å². The largest absolute Gasteiger partial charge is 0.507 e. The summed E-state index contributed by atoms with van der Waals surface area (Å²) < 4.78 is 11.7. The van der Waals surface area contributed by atoms with Crippen LogP contribution >= 0.6 is 0 Å². The number of nitrogens with zero attached hydrogens (tertiary/aromatic N) is 1. The number of carbonyl (C=O) groups excluding carboxylic acids is 2. The van der Waals surface area contributed by atoms with Crippen molar-refractivity contribution in [2.24, 2.45) is 0 Å². The van der Waals surface area contributed by atoms with Crippen molar-refractivity contribution >= 4 is 17.4 Å². The third-order valence-electron chi connectivity index (χ3n) is 6.91. The van der Waals surface area contributed by atoms with E-state index in [2.05, 4.69) is 0 Å². The standard InChI is InChI=1S/C28H31NO5/c1-16(2)33-22-10-6-7-18(15-22)25-24(27(31)28(32)29(25)21-8-4-5-9-21)26(30)19-11-12-23-20(14-19)13-17(3)34-23/h6-7,10-12,14-17,21,25,30H,4-5,8-9,13H2,1-3H3/b26-24-. The molecule has 0 bridgehead atoms. The predicted molar refractivity (Wildman–Crippen MR) is 129 cm³/mol. The number of aliphatic hydroxyl groups excluding tert-OH is 1. The molecule has 2 aromatic rings. The molecule has 3 aliphatic rings. The smallest absolute Gasteiger partial charge is 0.295 e. The van der Waals surface area contributed by atoms with E-state index in [0.717, 1.165) is 49.0 Å². The summed E-state index contributed by atoms with van der Waals surface area (Å²) >= 11 is 0. The number of ether oxygens (including phenoxy) is 2. The van der Waals surface area contributed by atoms with Crippen LogP contribution in [0.25, 0.3) is 5.76 Å². The highest BCUT2D eigenvalue weighted by Gasteiger charge is 2.49. The van der Waals surface area contributed by atoms with Gasteiger partial charge >= 0.3 is 0 Å².